The third kappa shape index (κ3) is 2.06. The van der Waals surface area contributed by atoms with E-state index in [0.29, 0.717) is 23.4 Å². The lowest BCUT2D eigenvalue weighted by molar-refractivity contribution is -0.135. The molecule has 3 saturated carbocycles. The molecule has 4 aliphatic rings. The Labute approximate surface area is 140 Å². The van der Waals surface area contributed by atoms with E-state index in [2.05, 4.69) is 13.8 Å². The predicted molar refractivity (Wildman–Crippen MR) is 91.0 cm³/mol. The van der Waals surface area contributed by atoms with Gasteiger partial charge in [-0.25, -0.2) is 0 Å². The highest BCUT2D eigenvalue weighted by Crippen LogP contribution is 2.65. The number of carbonyl (C=O) groups is 2. The highest BCUT2D eigenvalue weighted by Gasteiger charge is 2.60. The molecule has 0 radical (unpaired) electrons. The van der Waals surface area contributed by atoms with Crippen molar-refractivity contribution in [3.8, 4) is 0 Å². The SMILES string of the molecule is CCC[C@]12CC[C@H]3[C@@H](CCC4=CC(=O)CC[C@@]43C)[C@@H]1CCC2=O. The lowest BCUT2D eigenvalue weighted by atomic mass is 9.46. The lowest BCUT2D eigenvalue weighted by Gasteiger charge is -2.57. The van der Waals surface area contributed by atoms with Crippen LogP contribution in [0.15, 0.2) is 11.6 Å². The molecule has 0 aromatic carbocycles. The summed E-state index contributed by atoms with van der Waals surface area (Å²) in [6.07, 6.45) is 12.6. The van der Waals surface area contributed by atoms with E-state index < -0.39 is 0 Å². The molecule has 0 bridgehead atoms. The van der Waals surface area contributed by atoms with Gasteiger partial charge < -0.3 is 0 Å². The second-order valence-corrected chi connectivity index (χ2v) is 8.88. The molecule has 5 atom stereocenters. The standard InChI is InChI=1S/C21H30O2/c1-3-10-21-12-9-17-16(18(21)6-7-19(21)23)5-4-14-13-15(22)8-11-20(14,17)2/h13,16-18H,3-12H2,1-2H3/t16-,17+,18+,20+,21+/m1/s1. The summed E-state index contributed by atoms with van der Waals surface area (Å²) in [5.74, 6) is 2.97. The van der Waals surface area contributed by atoms with Gasteiger partial charge in [-0.3, -0.25) is 9.59 Å². The van der Waals surface area contributed by atoms with Crippen LogP contribution in [0.25, 0.3) is 0 Å². The third-order valence-electron chi connectivity index (χ3n) is 8.10. The highest BCUT2D eigenvalue weighted by atomic mass is 16.1. The van der Waals surface area contributed by atoms with Crippen molar-refractivity contribution in [2.45, 2.75) is 78.1 Å². The van der Waals surface area contributed by atoms with Gasteiger partial charge in [-0.2, -0.15) is 0 Å². The summed E-state index contributed by atoms with van der Waals surface area (Å²) in [4.78, 5) is 24.6. The molecule has 3 fully saturated rings. The van der Waals surface area contributed by atoms with E-state index in [0.717, 1.165) is 57.3 Å². The van der Waals surface area contributed by atoms with Crippen LogP contribution in [0.2, 0.25) is 0 Å². The van der Waals surface area contributed by atoms with Crippen LogP contribution in [0, 0.1) is 28.6 Å². The Morgan fingerprint density at radius 3 is 2.65 bits per heavy atom. The van der Waals surface area contributed by atoms with Crippen LogP contribution in [-0.4, -0.2) is 11.6 Å². The zero-order valence-electron chi connectivity index (χ0n) is 14.7. The van der Waals surface area contributed by atoms with Gasteiger partial charge in [0.05, 0.1) is 0 Å². The maximum Gasteiger partial charge on any atom is 0.155 e. The lowest BCUT2D eigenvalue weighted by Crippen LogP contribution is -2.51. The van der Waals surface area contributed by atoms with Gasteiger partial charge in [0.2, 0.25) is 0 Å². The molecule has 0 amide bonds. The summed E-state index contributed by atoms with van der Waals surface area (Å²) >= 11 is 0. The largest absolute Gasteiger partial charge is 0.299 e. The van der Waals surface area contributed by atoms with Crippen molar-refractivity contribution in [3.63, 3.8) is 0 Å². The number of ketones is 2. The molecule has 0 heterocycles. The Balaban J connectivity index is 1.69. The van der Waals surface area contributed by atoms with Crippen LogP contribution in [0.3, 0.4) is 0 Å². The first-order valence-corrected chi connectivity index (χ1v) is 9.78. The number of carbonyl (C=O) groups excluding carboxylic acids is 2. The molecule has 0 aromatic rings. The van der Waals surface area contributed by atoms with Crippen molar-refractivity contribution in [1.82, 2.24) is 0 Å². The smallest absolute Gasteiger partial charge is 0.155 e. The zero-order chi connectivity index (χ0) is 16.2. The minimum atomic E-state index is 0.0258. The maximum absolute atomic E-state index is 12.7. The summed E-state index contributed by atoms with van der Waals surface area (Å²) in [5, 5.41) is 0. The quantitative estimate of drug-likeness (QED) is 0.729. The number of allylic oxidation sites excluding steroid dienone is 1. The van der Waals surface area contributed by atoms with Crippen molar-refractivity contribution in [1.29, 1.82) is 0 Å². The molecule has 4 aliphatic carbocycles. The molecular formula is C21H30O2. The van der Waals surface area contributed by atoms with Gasteiger partial charge >= 0.3 is 0 Å². The van der Waals surface area contributed by atoms with E-state index in [-0.39, 0.29) is 10.8 Å². The molecular weight excluding hydrogens is 284 g/mol. The van der Waals surface area contributed by atoms with Gasteiger partial charge in [0, 0.05) is 18.3 Å². The third-order valence-corrected chi connectivity index (χ3v) is 8.10. The molecule has 0 saturated heterocycles. The van der Waals surface area contributed by atoms with E-state index in [1.165, 1.54) is 18.4 Å². The highest BCUT2D eigenvalue weighted by molar-refractivity contribution is 5.91. The van der Waals surface area contributed by atoms with E-state index in [1.807, 2.05) is 6.08 Å². The normalized spacial score (nSPS) is 46.0. The van der Waals surface area contributed by atoms with Crippen molar-refractivity contribution >= 4 is 11.6 Å². The minimum Gasteiger partial charge on any atom is -0.299 e. The van der Waals surface area contributed by atoms with E-state index in [1.54, 1.807) is 0 Å². The second kappa shape index (κ2) is 5.29. The molecule has 0 aromatic heterocycles. The van der Waals surface area contributed by atoms with Crippen LogP contribution in [-0.2, 0) is 9.59 Å². The fraction of sp³-hybridized carbons (Fsp3) is 0.810. The van der Waals surface area contributed by atoms with Gasteiger partial charge in [-0.05, 0) is 74.2 Å². The first-order chi connectivity index (χ1) is 11.0. The average Bonchev–Trinajstić information content (AvgIpc) is 2.86. The van der Waals surface area contributed by atoms with E-state index in [4.69, 9.17) is 0 Å². The molecule has 4 rings (SSSR count). The van der Waals surface area contributed by atoms with Crippen LogP contribution in [0.5, 0.6) is 0 Å². The van der Waals surface area contributed by atoms with Gasteiger partial charge in [0.25, 0.3) is 0 Å². The molecule has 0 spiro atoms. The van der Waals surface area contributed by atoms with Crippen LogP contribution in [0.4, 0.5) is 0 Å². The number of Topliss-reactive ketones (excluding diaryl/α,β-unsaturated/α-hetero) is 1. The van der Waals surface area contributed by atoms with Crippen molar-refractivity contribution in [2.24, 2.45) is 28.6 Å². The molecule has 2 heteroatoms. The van der Waals surface area contributed by atoms with E-state index in [9.17, 15) is 9.59 Å². The Bertz CT molecular complexity index is 574. The van der Waals surface area contributed by atoms with Crippen molar-refractivity contribution < 1.29 is 9.59 Å². The Morgan fingerprint density at radius 1 is 1.04 bits per heavy atom. The average molecular weight is 314 g/mol. The Hall–Kier alpha value is -0.920. The second-order valence-electron chi connectivity index (χ2n) is 8.88. The van der Waals surface area contributed by atoms with Crippen molar-refractivity contribution in [3.05, 3.63) is 11.6 Å². The predicted octanol–water partition coefficient (Wildman–Crippen LogP) is 4.87. The van der Waals surface area contributed by atoms with Gasteiger partial charge in [-0.15, -0.1) is 0 Å². The van der Waals surface area contributed by atoms with Crippen LogP contribution >= 0.6 is 0 Å². The zero-order valence-corrected chi connectivity index (χ0v) is 14.7. The summed E-state index contributed by atoms with van der Waals surface area (Å²) in [7, 11) is 0. The van der Waals surface area contributed by atoms with Crippen LogP contribution < -0.4 is 0 Å². The molecule has 126 valence electrons. The van der Waals surface area contributed by atoms with Crippen LogP contribution in [0.1, 0.15) is 78.1 Å². The summed E-state index contributed by atoms with van der Waals surface area (Å²) in [5.41, 5.74) is 1.70. The molecule has 0 N–H and O–H groups in total. The fourth-order valence-electron chi connectivity index (χ4n) is 7.04. The van der Waals surface area contributed by atoms with Crippen molar-refractivity contribution in [2.75, 3.05) is 0 Å². The first-order valence-electron chi connectivity index (χ1n) is 9.78. The summed E-state index contributed by atoms with van der Waals surface area (Å²) < 4.78 is 0. The Morgan fingerprint density at radius 2 is 1.87 bits per heavy atom. The summed E-state index contributed by atoms with van der Waals surface area (Å²) in [6.45, 7) is 4.66. The van der Waals surface area contributed by atoms with Gasteiger partial charge in [-0.1, -0.05) is 25.8 Å². The number of fused-ring (bicyclic) bond motifs is 5. The minimum absolute atomic E-state index is 0.0258. The van der Waals surface area contributed by atoms with E-state index >= 15 is 0 Å². The monoisotopic (exact) mass is 314 g/mol. The number of hydrogen-bond acceptors (Lipinski definition) is 2. The summed E-state index contributed by atoms with van der Waals surface area (Å²) in [6, 6.07) is 0. The molecule has 2 nitrogen and oxygen atoms in total. The molecule has 23 heavy (non-hydrogen) atoms. The topological polar surface area (TPSA) is 34.1 Å². The fourth-order valence-corrected chi connectivity index (χ4v) is 7.04. The maximum atomic E-state index is 12.7. The Kier molecular flexibility index (Phi) is 3.59. The molecule has 0 unspecified atom stereocenters. The van der Waals surface area contributed by atoms with Gasteiger partial charge in [0.15, 0.2) is 5.78 Å². The molecule has 0 aliphatic heterocycles. The van der Waals surface area contributed by atoms with Gasteiger partial charge in [0.1, 0.15) is 5.78 Å². The number of hydrogen-bond donors (Lipinski definition) is 0. The number of rotatable bonds is 2. The first kappa shape index (κ1) is 15.6.